The molecule has 92 valence electrons. The maximum absolute atomic E-state index is 11.4. The molecule has 1 unspecified atom stereocenters. The lowest BCUT2D eigenvalue weighted by Gasteiger charge is -2.12. The molecule has 0 fully saturated rings. The average molecular weight is 236 g/mol. The summed E-state index contributed by atoms with van der Waals surface area (Å²) in [5, 5.41) is 9.88. The summed E-state index contributed by atoms with van der Waals surface area (Å²) in [6.07, 6.45) is -1.23. The highest BCUT2D eigenvalue weighted by atomic mass is 16.5. The van der Waals surface area contributed by atoms with E-state index in [2.05, 4.69) is 4.74 Å². The molecule has 1 aromatic carbocycles. The Kier molecular flexibility index (Phi) is 4.84. The Morgan fingerprint density at radius 2 is 2.00 bits per heavy atom. The van der Waals surface area contributed by atoms with Gasteiger partial charge in [0, 0.05) is 6.42 Å². The minimum absolute atomic E-state index is 0.0695. The van der Waals surface area contributed by atoms with Crippen molar-refractivity contribution in [1.29, 1.82) is 0 Å². The van der Waals surface area contributed by atoms with Crippen LogP contribution in [0.3, 0.4) is 0 Å². The number of ether oxygens (including phenoxy) is 1. The normalized spacial score (nSPS) is 11.9. The molecule has 1 atom stereocenters. The molecular formula is C13H16O4. The molecular weight excluding hydrogens is 220 g/mol. The molecule has 4 heteroatoms. The Hall–Kier alpha value is -1.68. The van der Waals surface area contributed by atoms with E-state index in [0.29, 0.717) is 5.56 Å². The van der Waals surface area contributed by atoms with Gasteiger partial charge in [0.2, 0.25) is 0 Å². The van der Waals surface area contributed by atoms with Gasteiger partial charge in [0.05, 0.1) is 13.2 Å². The number of hydrogen-bond donors (Lipinski definition) is 1. The van der Waals surface area contributed by atoms with Crippen LogP contribution in [0.1, 0.15) is 30.1 Å². The second-order valence-electron chi connectivity index (χ2n) is 3.87. The third kappa shape index (κ3) is 4.00. The third-order valence-electron chi connectivity index (χ3n) is 2.54. The number of aliphatic hydroxyl groups is 1. The molecule has 1 N–H and O–H groups in total. The summed E-state index contributed by atoms with van der Waals surface area (Å²) in [6, 6.07) is 7.30. The topological polar surface area (TPSA) is 63.6 Å². The lowest BCUT2D eigenvalue weighted by atomic mass is 9.99. The van der Waals surface area contributed by atoms with Gasteiger partial charge in [-0.3, -0.25) is 9.59 Å². The van der Waals surface area contributed by atoms with E-state index in [9.17, 15) is 14.7 Å². The van der Waals surface area contributed by atoms with Crippen molar-refractivity contribution in [2.75, 3.05) is 7.11 Å². The van der Waals surface area contributed by atoms with E-state index in [1.165, 1.54) is 7.11 Å². The molecule has 1 rings (SSSR count). The van der Waals surface area contributed by atoms with Gasteiger partial charge in [0.15, 0.2) is 0 Å². The van der Waals surface area contributed by atoms with Gasteiger partial charge in [-0.25, -0.2) is 0 Å². The van der Waals surface area contributed by atoms with Crippen LogP contribution in [0.2, 0.25) is 0 Å². The second kappa shape index (κ2) is 6.15. The molecule has 0 aliphatic carbocycles. The van der Waals surface area contributed by atoms with E-state index in [0.717, 1.165) is 5.56 Å². The number of aryl methyl sites for hydroxylation is 1. The molecule has 0 amide bonds. The van der Waals surface area contributed by atoms with Gasteiger partial charge in [-0.15, -0.1) is 0 Å². The van der Waals surface area contributed by atoms with Crippen molar-refractivity contribution in [2.45, 2.75) is 25.9 Å². The van der Waals surface area contributed by atoms with Crippen molar-refractivity contribution in [1.82, 2.24) is 0 Å². The van der Waals surface area contributed by atoms with Crippen LogP contribution in [0.5, 0.6) is 0 Å². The highest BCUT2D eigenvalue weighted by Crippen LogP contribution is 2.20. The first-order valence-electron chi connectivity index (χ1n) is 5.36. The summed E-state index contributed by atoms with van der Waals surface area (Å²) in [5.74, 6) is -0.903. The van der Waals surface area contributed by atoms with Crippen LogP contribution >= 0.6 is 0 Å². The Morgan fingerprint density at radius 3 is 2.59 bits per heavy atom. The van der Waals surface area contributed by atoms with Crippen LogP contribution in [0.4, 0.5) is 0 Å². The van der Waals surface area contributed by atoms with Crippen molar-refractivity contribution in [3.8, 4) is 0 Å². The summed E-state index contributed by atoms with van der Waals surface area (Å²) in [6.45, 7) is 1.86. The Morgan fingerprint density at radius 1 is 1.35 bits per heavy atom. The van der Waals surface area contributed by atoms with Crippen LogP contribution < -0.4 is 0 Å². The van der Waals surface area contributed by atoms with Crippen LogP contribution in [0.15, 0.2) is 24.3 Å². The molecule has 4 nitrogen and oxygen atoms in total. The standard InChI is InChI=1S/C13H16O4/c1-9-5-3-4-6-11(9)12(15)7-10(14)8-13(16)17-2/h3-6,12,15H,7-8H2,1-2H3. The van der Waals surface area contributed by atoms with Gasteiger partial charge >= 0.3 is 5.97 Å². The van der Waals surface area contributed by atoms with Crippen LogP contribution in [-0.4, -0.2) is 24.0 Å². The first-order chi connectivity index (χ1) is 8.04. The van der Waals surface area contributed by atoms with Gasteiger partial charge < -0.3 is 9.84 Å². The Balaban J connectivity index is 2.61. The number of aliphatic hydroxyl groups excluding tert-OH is 1. The number of Topliss-reactive ketones (excluding diaryl/α,β-unsaturated/α-hetero) is 1. The Labute approximate surface area is 100 Å². The van der Waals surface area contributed by atoms with Crippen molar-refractivity contribution < 1.29 is 19.4 Å². The maximum Gasteiger partial charge on any atom is 0.313 e. The lowest BCUT2D eigenvalue weighted by molar-refractivity contribution is -0.143. The number of ketones is 1. The second-order valence-corrected chi connectivity index (χ2v) is 3.87. The molecule has 17 heavy (non-hydrogen) atoms. The van der Waals surface area contributed by atoms with E-state index in [1.54, 1.807) is 12.1 Å². The minimum atomic E-state index is -0.867. The van der Waals surface area contributed by atoms with Crippen LogP contribution in [0, 0.1) is 6.92 Å². The van der Waals surface area contributed by atoms with E-state index < -0.39 is 12.1 Å². The van der Waals surface area contributed by atoms with Crippen LogP contribution in [0.25, 0.3) is 0 Å². The molecule has 0 radical (unpaired) electrons. The SMILES string of the molecule is COC(=O)CC(=O)CC(O)c1ccccc1C. The Bertz CT molecular complexity index is 412. The van der Waals surface area contributed by atoms with Crippen molar-refractivity contribution in [2.24, 2.45) is 0 Å². The smallest absolute Gasteiger partial charge is 0.313 e. The molecule has 0 saturated carbocycles. The van der Waals surface area contributed by atoms with Crippen molar-refractivity contribution in [3.05, 3.63) is 35.4 Å². The monoisotopic (exact) mass is 236 g/mol. The summed E-state index contributed by atoms with van der Waals surface area (Å²) in [4.78, 5) is 22.3. The highest BCUT2D eigenvalue weighted by molar-refractivity contribution is 5.95. The molecule has 0 spiro atoms. The zero-order chi connectivity index (χ0) is 12.8. The number of methoxy groups -OCH3 is 1. The third-order valence-corrected chi connectivity index (χ3v) is 2.54. The number of hydrogen-bond acceptors (Lipinski definition) is 4. The summed E-state index contributed by atoms with van der Waals surface area (Å²) >= 11 is 0. The van der Waals surface area contributed by atoms with Gasteiger partial charge in [-0.2, -0.15) is 0 Å². The summed E-state index contributed by atoms with van der Waals surface area (Å²) < 4.78 is 4.39. The van der Waals surface area contributed by atoms with Gasteiger partial charge in [-0.05, 0) is 18.1 Å². The van der Waals surface area contributed by atoms with E-state index in [1.807, 2.05) is 19.1 Å². The number of carbonyl (C=O) groups excluding carboxylic acids is 2. The molecule has 0 aromatic heterocycles. The maximum atomic E-state index is 11.4. The summed E-state index contributed by atoms with van der Waals surface area (Å²) in [5.41, 5.74) is 1.64. The summed E-state index contributed by atoms with van der Waals surface area (Å²) in [7, 11) is 1.23. The molecule has 0 aliphatic rings. The first-order valence-corrected chi connectivity index (χ1v) is 5.36. The molecule has 0 saturated heterocycles. The van der Waals surface area contributed by atoms with E-state index in [-0.39, 0.29) is 18.6 Å². The number of benzene rings is 1. The zero-order valence-corrected chi connectivity index (χ0v) is 9.97. The average Bonchev–Trinajstić information content (AvgIpc) is 2.29. The predicted octanol–water partition coefficient (Wildman–Crippen LogP) is 1.55. The predicted molar refractivity (Wildman–Crippen MR) is 62.4 cm³/mol. The highest BCUT2D eigenvalue weighted by Gasteiger charge is 2.17. The molecule has 0 heterocycles. The lowest BCUT2D eigenvalue weighted by Crippen LogP contribution is -2.13. The van der Waals surface area contributed by atoms with Crippen molar-refractivity contribution >= 4 is 11.8 Å². The number of esters is 1. The first kappa shape index (κ1) is 13.4. The van der Waals surface area contributed by atoms with E-state index >= 15 is 0 Å². The molecule has 1 aromatic rings. The fourth-order valence-corrected chi connectivity index (χ4v) is 1.59. The fraction of sp³-hybridized carbons (Fsp3) is 0.385. The number of rotatable bonds is 5. The minimum Gasteiger partial charge on any atom is -0.469 e. The van der Waals surface area contributed by atoms with Gasteiger partial charge in [0.25, 0.3) is 0 Å². The molecule has 0 bridgehead atoms. The van der Waals surface area contributed by atoms with Crippen LogP contribution in [-0.2, 0) is 14.3 Å². The van der Waals surface area contributed by atoms with Gasteiger partial charge in [-0.1, -0.05) is 24.3 Å². The zero-order valence-electron chi connectivity index (χ0n) is 9.97. The fourth-order valence-electron chi connectivity index (χ4n) is 1.59. The largest absolute Gasteiger partial charge is 0.469 e. The molecule has 0 aliphatic heterocycles. The quantitative estimate of drug-likeness (QED) is 0.622. The van der Waals surface area contributed by atoms with Gasteiger partial charge in [0.1, 0.15) is 12.2 Å². The number of carbonyl (C=O) groups is 2. The van der Waals surface area contributed by atoms with Crippen molar-refractivity contribution in [3.63, 3.8) is 0 Å². The van der Waals surface area contributed by atoms with E-state index in [4.69, 9.17) is 0 Å².